The van der Waals surface area contributed by atoms with Gasteiger partial charge in [-0.25, -0.2) is 9.78 Å². The lowest BCUT2D eigenvalue weighted by molar-refractivity contribution is 0.0595. The third-order valence-corrected chi connectivity index (χ3v) is 4.00. The first-order valence-electron chi connectivity index (χ1n) is 6.07. The predicted octanol–water partition coefficient (Wildman–Crippen LogP) is 2.92. The molecule has 1 aromatic heterocycles. The van der Waals surface area contributed by atoms with Crippen molar-refractivity contribution in [3.8, 4) is 0 Å². The molecule has 1 saturated carbocycles. The Morgan fingerprint density at radius 1 is 1.59 bits per heavy atom. The summed E-state index contributed by atoms with van der Waals surface area (Å²) >= 11 is 1.45. The molecule has 0 radical (unpaired) electrons. The fourth-order valence-corrected chi connectivity index (χ4v) is 2.94. The van der Waals surface area contributed by atoms with Crippen molar-refractivity contribution in [3.05, 3.63) is 11.1 Å². The number of ether oxygens (including phenoxy) is 1. The summed E-state index contributed by atoms with van der Waals surface area (Å²) < 4.78 is 4.61. The van der Waals surface area contributed by atoms with Crippen LogP contribution in [0, 0.1) is 5.92 Å². The Balaban J connectivity index is 1.74. The first-order chi connectivity index (χ1) is 8.29. The maximum atomic E-state index is 11.2. The Morgan fingerprint density at radius 2 is 2.35 bits per heavy atom. The number of hydrogen-bond acceptors (Lipinski definition) is 5. The number of carbonyl (C=O) groups excluding carboxylic acids is 1. The van der Waals surface area contributed by atoms with Crippen molar-refractivity contribution < 1.29 is 9.53 Å². The fourth-order valence-electron chi connectivity index (χ4n) is 2.24. The number of anilines is 1. The third-order valence-electron chi connectivity index (χ3n) is 3.20. The molecule has 2 rings (SSSR count). The SMILES string of the molecule is COC(=O)c1csc(NCCC2CCCC2)n1. The molecular formula is C12H18N2O2S. The summed E-state index contributed by atoms with van der Waals surface area (Å²) in [5.41, 5.74) is 0.390. The Labute approximate surface area is 105 Å². The first kappa shape index (κ1) is 12.4. The molecule has 1 heterocycles. The lowest BCUT2D eigenvalue weighted by Crippen LogP contribution is -2.07. The molecule has 0 unspecified atom stereocenters. The molecule has 0 atom stereocenters. The number of thiazole rings is 1. The normalized spacial score (nSPS) is 16.1. The maximum absolute atomic E-state index is 11.2. The van der Waals surface area contributed by atoms with Gasteiger partial charge in [0, 0.05) is 11.9 Å². The minimum atomic E-state index is -0.370. The summed E-state index contributed by atoms with van der Waals surface area (Å²) in [6.45, 7) is 0.943. The van der Waals surface area contributed by atoms with Gasteiger partial charge in [0.1, 0.15) is 0 Å². The standard InChI is InChI=1S/C12H18N2O2S/c1-16-11(15)10-8-17-12(14-10)13-7-6-9-4-2-3-5-9/h8-9H,2-7H2,1H3,(H,13,14). The van der Waals surface area contributed by atoms with E-state index < -0.39 is 0 Å². The zero-order valence-electron chi connectivity index (χ0n) is 10.1. The molecule has 4 nitrogen and oxygen atoms in total. The van der Waals surface area contributed by atoms with Crippen LogP contribution in [0.5, 0.6) is 0 Å². The Kier molecular flexibility index (Phi) is 4.36. The average molecular weight is 254 g/mol. The molecule has 1 aliphatic rings. The quantitative estimate of drug-likeness (QED) is 0.821. The molecule has 1 aliphatic carbocycles. The lowest BCUT2D eigenvalue weighted by atomic mass is 10.0. The van der Waals surface area contributed by atoms with E-state index in [1.165, 1.54) is 50.6 Å². The number of carbonyl (C=O) groups is 1. The highest BCUT2D eigenvalue weighted by Gasteiger charge is 2.15. The Hall–Kier alpha value is -1.10. The Bertz CT molecular complexity index is 372. The van der Waals surface area contributed by atoms with Crippen molar-refractivity contribution in [3.63, 3.8) is 0 Å². The van der Waals surface area contributed by atoms with Gasteiger partial charge >= 0.3 is 5.97 Å². The van der Waals surface area contributed by atoms with Crippen molar-refractivity contribution in [1.29, 1.82) is 0 Å². The fraction of sp³-hybridized carbons (Fsp3) is 0.667. The smallest absolute Gasteiger partial charge is 0.357 e. The van der Waals surface area contributed by atoms with Gasteiger partial charge in [-0.3, -0.25) is 0 Å². The van der Waals surface area contributed by atoms with Crippen molar-refractivity contribution in [2.75, 3.05) is 19.0 Å². The highest BCUT2D eigenvalue weighted by molar-refractivity contribution is 7.13. The van der Waals surface area contributed by atoms with E-state index in [1.54, 1.807) is 5.38 Å². The summed E-state index contributed by atoms with van der Waals surface area (Å²) in [4.78, 5) is 15.4. The van der Waals surface area contributed by atoms with E-state index in [4.69, 9.17) is 0 Å². The van der Waals surface area contributed by atoms with Gasteiger partial charge in [0.25, 0.3) is 0 Å². The van der Waals surface area contributed by atoms with Crippen LogP contribution in [0.25, 0.3) is 0 Å². The summed E-state index contributed by atoms with van der Waals surface area (Å²) in [5.74, 6) is 0.507. The van der Waals surface area contributed by atoms with Crippen LogP contribution in [0.1, 0.15) is 42.6 Å². The molecule has 0 bridgehead atoms. The minimum Gasteiger partial charge on any atom is -0.464 e. The zero-order valence-corrected chi connectivity index (χ0v) is 10.9. The molecule has 1 aromatic rings. The van der Waals surface area contributed by atoms with Crippen LogP contribution < -0.4 is 5.32 Å². The highest BCUT2D eigenvalue weighted by atomic mass is 32.1. The third kappa shape index (κ3) is 3.43. The van der Waals surface area contributed by atoms with Gasteiger partial charge in [0.15, 0.2) is 10.8 Å². The number of methoxy groups -OCH3 is 1. The average Bonchev–Trinajstić information content (AvgIpc) is 2.99. The molecule has 0 aliphatic heterocycles. The predicted molar refractivity (Wildman–Crippen MR) is 68.5 cm³/mol. The number of aromatic nitrogens is 1. The molecule has 17 heavy (non-hydrogen) atoms. The number of hydrogen-bond donors (Lipinski definition) is 1. The second-order valence-electron chi connectivity index (χ2n) is 4.40. The molecule has 1 N–H and O–H groups in total. The van der Waals surface area contributed by atoms with Crippen LogP contribution in [0.15, 0.2) is 5.38 Å². The molecule has 0 amide bonds. The molecule has 5 heteroatoms. The number of esters is 1. The van der Waals surface area contributed by atoms with Gasteiger partial charge in [-0.15, -0.1) is 11.3 Å². The largest absolute Gasteiger partial charge is 0.464 e. The van der Waals surface area contributed by atoms with E-state index >= 15 is 0 Å². The molecule has 0 saturated heterocycles. The molecule has 0 spiro atoms. The second-order valence-corrected chi connectivity index (χ2v) is 5.25. The summed E-state index contributed by atoms with van der Waals surface area (Å²) in [5, 5.41) is 5.81. The first-order valence-corrected chi connectivity index (χ1v) is 6.95. The topological polar surface area (TPSA) is 51.2 Å². The van der Waals surface area contributed by atoms with E-state index in [0.717, 1.165) is 17.6 Å². The summed E-state index contributed by atoms with van der Waals surface area (Å²) in [6.07, 6.45) is 6.70. The van der Waals surface area contributed by atoms with Gasteiger partial charge < -0.3 is 10.1 Å². The van der Waals surface area contributed by atoms with Crippen molar-refractivity contribution >= 4 is 22.4 Å². The van der Waals surface area contributed by atoms with Crippen LogP contribution in [0.3, 0.4) is 0 Å². The van der Waals surface area contributed by atoms with Gasteiger partial charge in [-0.05, 0) is 12.3 Å². The zero-order chi connectivity index (χ0) is 12.1. The number of rotatable bonds is 5. The second kappa shape index (κ2) is 6.00. The summed E-state index contributed by atoms with van der Waals surface area (Å²) in [6, 6.07) is 0. The van der Waals surface area contributed by atoms with Gasteiger partial charge in [0.2, 0.25) is 0 Å². The van der Waals surface area contributed by atoms with Gasteiger partial charge in [-0.1, -0.05) is 25.7 Å². The number of nitrogens with zero attached hydrogens (tertiary/aromatic N) is 1. The molecule has 1 fully saturated rings. The van der Waals surface area contributed by atoms with Crippen LogP contribution in [0.4, 0.5) is 5.13 Å². The van der Waals surface area contributed by atoms with Crippen molar-refractivity contribution in [2.24, 2.45) is 5.92 Å². The van der Waals surface area contributed by atoms with Crippen LogP contribution in [-0.2, 0) is 4.74 Å². The van der Waals surface area contributed by atoms with Crippen LogP contribution in [-0.4, -0.2) is 24.6 Å². The van der Waals surface area contributed by atoms with Crippen molar-refractivity contribution in [2.45, 2.75) is 32.1 Å². The van der Waals surface area contributed by atoms with E-state index in [2.05, 4.69) is 15.0 Å². The van der Waals surface area contributed by atoms with Crippen LogP contribution in [0.2, 0.25) is 0 Å². The van der Waals surface area contributed by atoms with Crippen LogP contribution >= 0.6 is 11.3 Å². The molecular weight excluding hydrogens is 236 g/mol. The molecule has 94 valence electrons. The van der Waals surface area contributed by atoms with Gasteiger partial charge in [0.05, 0.1) is 7.11 Å². The Morgan fingerprint density at radius 3 is 3.06 bits per heavy atom. The van der Waals surface area contributed by atoms with E-state index in [9.17, 15) is 4.79 Å². The minimum absolute atomic E-state index is 0.370. The van der Waals surface area contributed by atoms with Gasteiger partial charge in [-0.2, -0.15) is 0 Å². The lowest BCUT2D eigenvalue weighted by Gasteiger charge is -2.08. The van der Waals surface area contributed by atoms with Crippen molar-refractivity contribution in [1.82, 2.24) is 4.98 Å². The van der Waals surface area contributed by atoms with E-state index in [0.29, 0.717) is 5.69 Å². The monoisotopic (exact) mass is 254 g/mol. The molecule has 0 aromatic carbocycles. The number of nitrogens with one attached hydrogen (secondary N) is 1. The summed E-state index contributed by atoms with van der Waals surface area (Å²) in [7, 11) is 1.37. The van der Waals surface area contributed by atoms with E-state index in [1.807, 2.05) is 0 Å². The highest BCUT2D eigenvalue weighted by Crippen LogP contribution is 2.27. The maximum Gasteiger partial charge on any atom is 0.357 e. The van der Waals surface area contributed by atoms with E-state index in [-0.39, 0.29) is 5.97 Å².